The Morgan fingerprint density at radius 3 is 2.39 bits per heavy atom. The Hall–Kier alpha value is -2.70. The predicted molar refractivity (Wildman–Crippen MR) is 102 cm³/mol. The van der Waals surface area contributed by atoms with Crippen molar-refractivity contribution in [1.82, 2.24) is 10.2 Å². The van der Waals surface area contributed by atoms with Gasteiger partial charge in [0.05, 0.1) is 24.2 Å². The SMILES string of the molecule is COC(=O)C1CCCCC1CNC(=O)CCCN1C(=O)c2ccccc2C1=O. The lowest BCUT2D eigenvalue weighted by Crippen LogP contribution is -2.38. The highest BCUT2D eigenvalue weighted by Crippen LogP contribution is 2.30. The van der Waals surface area contributed by atoms with Crippen LogP contribution in [0.15, 0.2) is 24.3 Å². The van der Waals surface area contributed by atoms with E-state index in [0.29, 0.717) is 24.1 Å². The van der Waals surface area contributed by atoms with Gasteiger partial charge in [-0.15, -0.1) is 0 Å². The molecular formula is C21H26N2O5. The molecule has 0 aromatic heterocycles. The molecule has 7 heteroatoms. The molecule has 1 aliphatic carbocycles. The number of carbonyl (C=O) groups excluding carboxylic acids is 4. The Labute approximate surface area is 164 Å². The van der Waals surface area contributed by atoms with E-state index in [1.165, 1.54) is 12.0 Å². The van der Waals surface area contributed by atoms with Crippen LogP contribution in [0.3, 0.4) is 0 Å². The zero-order valence-corrected chi connectivity index (χ0v) is 16.1. The minimum absolute atomic E-state index is 0.0985. The molecule has 1 fully saturated rings. The van der Waals surface area contributed by atoms with Gasteiger partial charge >= 0.3 is 5.97 Å². The van der Waals surface area contributed by atoms with Gasteiger partial charge in [-0.05, 0) is 37.3 Å². The fourth-order valence-corrected chi connectivity index (χ4v) is 4.09. The number of hydrogen-bond donors (Lipinski definition) is 1. The second-order valence-electron chi connectivity index (χ2n) is 7.39. The molecule has 1 aromatic carbocycles. The third-order valence-corrected chi connectivity index (χ3v) is 5.64. The van der Waals surface area contributed by atoms with E-state index >= 15 is 0 Å². The summed E-state index contributed by atoms with van der Waals surface area (Å²) < 4.78 is 4.87. The van der Waals surface area contributed by atoms with Crippen molar-refractivity contribution in [2.45, 2.75) is 38.5 Å². The van der Waals surface area contributed by atoms with E-state index in [0.717, 1.165) is 25.7 Å². The Morgan fingerprint density at radius 1 is 1.11 bits per heavy atom. The number of benzene rings is 1. The lowest BCUT2D eigenvalue weighted by Gasteiger charge is -2.29. The summed E-state index contributed by atoms with van der Waals surface area (Å²) >= 11 is 0. The van der Waals surface area contributed by atoms with Gasteiger partial charge in [0.2, 0.25) is 5.91 Å². The van der Waals surface area contributed by atoms with Crippen LogP contribution in [0.4, 0.5) is 0 Å². The van der Waals surface area contributed by atoms with Crippen molar-refractivity contribution < 1.29 is 23.9 Å². The van der Waals surface area contributed by atoms with Gasteiger partial charge in [-0.1, -0.05) is 25.0 Å². The van der Waals surface area contributed by atoms with Crippen LogP contribution in [0.5, 0.6) is 0 Å². The fourth-order valence-electron chi connectivity index (χ4n) is 4.09. The molecule has 0 bridgehead atoms. The van der Waals surface area contributed by atoms with Crippen LogP contribution >= 0.6 is 0 Å². The van der Waals surface area contributed by atoms with Crippen LogP contribution < -0.4 is 5.32 Å². The largest absolute Gasteiger partial charge is 0.469 e. The quantitative estimate of drug-likeness (QED) is 0.573. The number of methoxy groups -OCH3 is 1. The third-order valence-electron chi connectivity index (χ3n) is 5.64. The number of esters is 1. The Bertz CT molecular complexity index is 741. The Kier molecular flexibility index (Phi) is 6.44. The highest BCUT2D eigenvalue weighted by molar-refractivity contribution is 6.21. The van der Waals surface area contributed by atoms with E-state index in [1.54, 1.807) is 24.3 Å². The van der Waals surface area contributed by atoms with Crippen LogP contribution in [0.1, 0.15) is 59.2 Å². The summed E-state index contributed by atoms with van der Waals surface area (Å²) in [5.41, 5.74) is 0.839. The van der Waals surface area contributed by atoms with Crippen LogP contribution in [0.25, 0.3) is 0 Å². The minimum Gasteiger partial charge on any atom is -0.469 e. The number of hydrogen-bond acceptors (Lipinski definition) is 5. The van der Waals surface area contributed by atoms with Gasteiger partial charge in [-0.25, -0.2) is 0 Å². The molecule has 1 saturated carbocycles. The molecule has 2 atom stereocenters. The van der Waals surface area contributed by atoms with E-state index in [1.807, 2.05) is 0 Å². The molecule has 0 saturated heterocycles. The molecule has 3 amide bonds. The number of nitrogens with zero attached hydrogens (tertiary/aromatic N) is 1. The summed E-state index contributed by atoms with van der Waals surface area (Å²) in [6, 6.07) is 6.75. The minimum atomic E-state index is -0.302. The molecular weight excluding hydrogens is 360 g/mol. The maximum absolute atomic E-state index is 12.3. The van der Waals surface area contributed by atoms with E-state index in [2.05, 4.69) is 5.32 Å². The first-order valence-electron chi connectivity index (χ1n) is 9.82. The molecule has 0 spiro atoms. The molecule has 1 heterocycles. The smallest absolute Gasteiger partial charge is 0.309 e. The van der Waals surface area contributed by atoms with Gasteiger partial charge in [-0.3, -0.25) is 24.1 Å². The van der Waals surface area contributed by atoms with Crippen molar-refractivity contribution in [3.8, 4) is 0 Å². The molecule has 2 aliphatic rings. The summed E-state index contributed by atoms with van der Waals surface area (Å²) in [6.45, 7) is 0.666. The second-order valence-corrected chi connectivity index (χ2v) is 7.39. The van der Waals surface area contributed by atoms with Gasteiger partial charge in [0, 0.05) is 19.5 Å². The fraction of sp³-hybridized carbons (Fsp3) is 0.524. The zero-order chi connectivity index (χ0) is 20.1. The van der Waals surface area contributed by atoms with E-state index in [9.17, 15) is 19.2 Å². The first kappa shape index (κ1) is 20.0. The highest BCUT2D eigenvalue weighted by atomic mass is 16.5. The standard InChI is InChI=1S/C21H26N2O5/c1-28-21(27)15-8-3-2-7-14(15)13-22-18(24)11-6-12-23-19(25)16-9-4-5-10-17(16)20(23)26/h4-5,9-10,14-15H,2-3,6-8,11-13H2,1H3,(H,22,24). The van der Waals surface area contributed by atoms with Crippen molar-refractivity contribution in [3.05, 3.63) is 35.4 Å². The lowest BCUT2D eigenvalue weighted by molar-refractivity contribution is -0.148. The number of imide groups is 1. The number of rotatable bonds is 7. The summed E-state index contributed by atoms with van der Waals surface area (Å²) in [4.78, 5) is 49.9. The highest BCUT2D eigenvalue weighted by Gasteiger charge is 2.35. The first-order valence-corrected chi connectivity index (χ1v) is 9.82. The molecule has 150 valence electrons. The van der Waals surface area contributed by atoms with Crippen molar-refractivity contribution in [1.29, 1.82) is 0 Å². The molecule has 1 N–H and O–H groups in total. The molecule has 7 nitrogen and oxygen atoms in total. The number of ether oxygens (including phenoxy) is 1. The van der Waals surface area contributed by atoms with Gasteiger partial charge in [-0.2, -0.15) is 0 Å². The topological polar surface area (TPSA) is 92.8 Å². The van der Waals surface area contributed by atoms with E-state index in [-0.39, 0.29) is 48.5 Å². The summed E-state index contributed by atoms with van der Waals surface area (Å²) in [6.07, 6.45) is 4.38. The van der Waals surface area contributed by atoms with Crippen LogP contribution in [0, 0.1) is 11.8 Å². The molecule has 3 rings (SSSR count). The van der Waals surface area contributed by atoms with Crippen molar-refractivity contribution in [3.63, 3.8) is 0 Å². The van der Waals surface area contributed by atoms with Gasteiger partial charge in [0.15, 0.2) is 0 Å². The van der Waals surface area contributed by atoms with Crippen molar-refractivity contribution in [2.24, 2.45) is 11.8 Å². The van der Waals surface area contributed by atoms with Gasteiger partial charge < -0.3 is 10.1 Å². The molecule has 1 aromatic rings. The summed E-state index contributed by atoms with van der Waals surface area (Å²) in [5, 5.41) is 2.89. The second kappa shape index (κ2) is 8.99. The zero-order valence-electron chi connectivity index (χ0n) is 16.1. The summed E-state index contributed by atoms with van der Waals surface area (Å²) in [5.74, 6) is -0.998. The van der Waals surface area contributed by atoms with Crippen molar-refractivity contribution >= 4 is 23.7 Å². The summed E-state index contributed by atoms with van der Waals surface area (Å²) in [7, 11) is 1.39. The molecule has 28 heavy (non-hydrogen) atoms. The maximum Gasteiger partial charge on any atom is 0.309 e. The van der Waals surface area contributed by atoms with Crippen LogP contribution in [-0.2, 0) is 14.3 Å². The number of nitrogens with one attached hydrogen (secondary N) is 1. The van der Waals surface area contributed by atoms with E-state index < -0.39 is 0 Å². The van der Waals surface area contributed by atoms with Gasteiger partial charge in [0.25, 0.3) is 11.8 Å². The number of fused-ring (bicyclic) bond motifs is 1. The maximum atomic E-state index is 12.3. The number of amides is 3. The first-order chi connectivity index (χ1) is 13.5. The lowest BCUT2D eigenvalue weighted by atomic mass is 9.79. The van der Waals surface area contributed by atoms with Crippen LogP contribution in [-0.4, -0.2) is 48.8 Å². The van der Waals surface area contributed by atoms with Gasteiger partial charge in [0.1, 0.15) is 0 Å². The third kappa shape index (κ3) is 4.24. The van der Waals surface area contributed by atoms with E-state index in [4.69, 9.17) is 4.74 Å². The monoisotopic (exact) mass is 386 g/mol. The van der Waals surface area contributed by atoms with Crippen LogP contribution in [0.2, 0.25) is 0 Å². The predicted octanol–water partition coefficient (Wildman–Crippen LogP) is 2.16. The molecule has 0 radical (unpaired) electrons. The van der Waals surface area contributed by atoms with Crippen molar-refractivity contribution in [2.75, 3.05) is 20.2 Å². The average Bonchev–Trinajstić information content (AvgIpc) is 2.97. The Balaban J connectivity index is 1.43. The normalized spacial score (nSPS) is 21.4. The number of carbonyl (C=O) groups is 4. The average molecular weight is 386 g/mol. The molecule has 2 unspecified atom stereocenters. The Morgan fingerprint density at radius 2 is 1.75 bits per heavy atom. The molecule has 1 aliphatic heterocycles.